The Kier molecular flexibility index (Phi) is 5.48. The van der Waals surface area contributed by atoms with E-state index >= 15 is 0 Å². The highest BCUT2D eigenvalue weighted by Crippen LogP contribution is 2.16. The van der Waals surface area contributed by atoms with E-state index in [0.29, 0.717) is 0 Å². The fraction of sp³-hybridized carbons (Fsp3) is 0.462. The van der Waals surface area contributed by atoms with Crippen molar-refractivity contribution in [2.45, 2.75) is 39.3 Å². The number of nitrogens with one attached hydrogen (secondary N) is 2. The van der Waals surface area contributed by atoms with E-state index in [0.717, 1.165) is 16.6 Å². The van der Waals surface area contributed by atoms with Gasteiger partial charge in [0.05, 0.1) is 0 Å². The van der Waals surface area contributed by atoms with E-state index in [1.807, 2.05) is 38.1 Å². The molecule has 4 heteroatoms. The minimum absolute atomic E-state index is 0.0272. The van der Waals surface area contributed by atoms with Gasteiger partial charge in [0.25, 0.3) is 0 Å². The lowest BCUT2D eigenvalue weighted by atomic mass is 10.2. The number of halogens is 1. The zero-order valence-corrected chi connectivity index (χ0v) is 12.0. The molecule has 2 atom stereocenters. The lowest BCUT2D eigenvalue weighted by Crippen LogP contribution is -2.41. The second kappa shape index (κ2) is 6.64. The maximum Gasteiger partial charge on any atom is 0.242 e. The number of hydrogen-bond acceptors (Lipinski definition) is 2. The third-order valence-corrected chi connectivity index (χ3v) is 3.10. The van der Waals surface area contributed by atoms with Gasteiger partial charge in [0, 0.05) is 16.2 Å². The van der Waals surface area contributed by atoms with Crippen molar-refractivity contribution in [1.82, 2.24) is 5.32 Å². The van der Waals surface area contributed by atoms with E-state index in [1.54, 1.807) is 0 Å². The van der Waals surface area contributed by atoms with Gasteiger partial charge in [-0.1, -0.05) is 28.9 Å². The third-order valence-electron chi connectivity index (χ3n) is 2.60. The van der Waals surface area contributed by atoms with Crippen LogP contribution in [-0.4, -0.2) is 18.0 Å². The molecule has 1 rings (SSSR count). The molecule has 0 aromatic heterocycles. The van der Waals surface area contributed by atoms with Gasteiger partial charge in [-0.25, -0.2) is 0 Å². The van der Waals surface area contributed by atoms with Crippen LogP contribution in [0.2, 0.25) is 0 Å². The highest BCUT2D eigenvalue weighted by Gasteiger charge is 2.13. The van der Waals surface area contributed by atoms with Gasteiger partial charge in [-0.2, -0.15) is 0 Å². The molecule has 0 aliphatic rings. The molecule has 0 fully saturated rings. The molecule has 0 bridgehead atoms. The summed E-state index contributed by atoms with van der Waals surface area (Å²) in [6.45, 7) is 5.92. The van der Waals surface area contributed by atoms with Crippen LogP contribution in [0.15, 0.2) is 28.7 Å². The van der Waals surface area contributed by atoms with E-state index in [2.05, 4.69) is 33.5 Å². The molecule has 3 nitrogen and oxygen atoms in total. The fourth-order valence-corrected chi connectivity index (χ4v) is 1.76. The fourth-order valence-electron chi connectivity index (χ4n) is 1.36. The monoisotopic (exact) mass is 298 g/mol. The molecule has 1 aromatic carbocycles. The first kappa shape index (κ1) is 14.0. The van der Waals surface area contributed by atoms with E-state index in [1.165, 1.54) is 0 Å². The Bertz CT molecular complexity index is 381. The van der Waals surface area contributed by atoms with Crippen molar-refractivity contribution in [2.75, 3.05) is 5.32 Å². The van der Waals surface area contributed by atoms with Crippen LogP contribution in [0, 0.1) is 0 Å². The van der Waals surface area contributed by atoms with Crippen molar-refractivity contribution in [2.24, 2.45) is 0 Å². The van der Waals surface area contributed by atoms with E-state index in [9.17, 15) is 4.79 Å². The maximum atomic E-state index is 11.8. The first-order valence-corrected chi connectivity index (χ1v) is 6.64. The minimum atomic E-state index is -0.238. The number of hydrogen-bond donors (Lipinski definition) is 2. The normalized spacial score (nSPS) is 13.9. The lowest BCUT2D eigenvalue weighted by Gasteiger charge is -2.18. The topological polar surface area (TPSA) is 41.1 Å². The average Bonchev–Trinajstić information content (AvgIpc) is 2.28. The number of carbonyl (C=O) groups excluding carboxylic acids is 1. The standard InChI is InChI=1S/C13H19BrN2O/c1-4-9(2)15-13(17)10(3)16-12-7-5-6-11(14)8-12/h5-10,16H,4H2,1-3H3,(H,15,17). The van der Waals surface area contributed by atoms with Gasteiger partial charge < -0.3 is 10.6 Å². The Balaban J connectivity index is 2.54. The zero-order valence-electron chi connectivity index (χ0n) is 10.5. The van der Waals surface area contributed by atoms with Crippen LogP contribution in [0.4, 0.5) is 5.69 Å². The average molecular weight is 299 g/mol. The Morgan fingerprint density at radius 3 is 2.71 bits per heavy atom. The Morgan fingerprint density at radius 1 is 1.41 bits per heavy atom. The smallest absolute Gasteiger partial charge is 0.242 e. The molecular weight excluding hydrogens is 280 g/mol. The second-order valence-electron chi connectivity index (χ2n) is 4.19. The molecule has 17 heavy (non-hydrogen) atoms. The third kappa shape index (κ3) is 4.77. The number of amides is 1. The molecule has 0 aliphatic carbocycles. The summed E-state index contributed by atoms with van der Waals surface area (Å²) in [5, 5.41) is 6.12. The van der Waals surface area contributed by atoms with Crippen molar-refractivity contribution in [3.63, 3.8) is 0 Å². The highest BCUT2D eigenvalue weighted by molar-refractivity contribution is 9.10. The molecule has 2 unspecified atom stereocenters. The van der Waals surface area contributed by atoms with E-state index in [-0.39, 0.29) is 18.0 Å². The summed E-state index contributed by atoms with van der Waals surface area (Å²) < 4.78 is 0.997. The van der Waals surface area contributed by atoms with Crippen LogP contribution < -0.4 is 10.6 Å². The molecule has 0 radical (unpaired) electrons. The van der Waals surface area contributed by atoms with Crippen molar-refractivity contribution >= 4 is 27.5 Å². The summed E-state index contributed by atoms with van der Waals surface area (Å²) in [5.41, 5.74) is 0.936. The number of anilines is 1. The Morgan fingerprint density at radius 2 is 2.12 bits per heavy atom. The minimum Gasteiger partial charge on any atom is -0.374 e. The van der Waals surface area contributed by atoms with Gasteiger partial charge >= 0.3 is 0 Å². The first-order valence-electron chi connectivity index (χ1n) is 5.85. The van der Waals surface area contributed by atoms with Gasteiger partial charge in [0.1, 0.15) is 6.04 Å². The predicted octanol–water partition coefficient (Wildman–Crippen LogP) is 3.16. The van der Waals surface area contributed by atoms with Gasteiger partial charge in [-0.3, -0.25) is 4.79 Å². The van der Waals surface area contributed by atoms with Crippen LogP contribution in [0.5, 0.6) is 0 Å². The van der Waals surface area contributed by atoms with Crippen molar-refractivity contribution in [3.8, 4) is 0 Å². The molecule has 94 valence electrons. The molecule has 0 saturated carbocycles. The molecule has 1 aromatic rings. The van der Waals surface area contributed by atoms with E-state index < -0.39 is 0 Å². The van der Waals surface area contributed by atoms with Gasteiger partial charge in [-0.15, -0.1) is 0 Å². The summed E-state index contributed by atoms with van der Waals surface area (Å²) in [4.78, 5) is 11.8. The predicted molar refractivity (Wildman–Crippen MR) is 75.1 cm³/mol. The van der Waals surface area contributed by atoms with Crippen LogP contribution in [0.3, 0.4) is 0 Å². The molecule has 0 aliphatic heterocycles. The van der Waals surface area contributed by atoms with Crippen LogP contribution in [0.1, 0.15) is 27.2 Å². The molecular formula is C13H19BrN2O. The van der Waals surface area contributed by atoms with Crippen LogP contribution in [0.25, 0.3) is 0 Å². The summed E-state index contributed by atoms with van der Waals surface area (Å²) in [5.74, 6) is 0.0272. The number of benzene rings is 1. The largest absolute Gasteiger partial charge is 0.374 e. The maximum absolute atomic E-state index is 11.8. The Labute approximate surface area is 111 Å². The molecule has 0 spiro atoms. The molecule has 0 heterocycles. The second-order valence-corrected chi connectivity index (χ2v) is 5.11. The molecule has 0 saturated heterocycles. The first-order chi connectivity index (χ1) is 8.02. The van der Waals surface area contributed by atoms with Crippen LogP contribution >= 0.6 is 15.9 Å². The summed E-state index contributed by atoms with van der Waals surface area (Å²) in [6.07, 6.45) is 0.940. The summed E-state index contributed by atoms with van der Waals surface area (Å²) in [6, 6.07) is 7.76. The van der Waals surface area contributed by atoms with Gasteiger partial charge in [0.2, 0.25) is 5.91 Å². The molecule has 2 N–H and O–H groups in total. The lowest BCUT2D eigenvalue weighted by molar-refractivity contribution is -0.122. The SMILES string of the molecule is CCC(C)NC(=O)C(C)Nc1cccc(Br)c1. The highest BCUT2D eigenvalue weighted by atomic mass is 79.9. The van der Waals surface area contributed by atoms with Crippen LogP contribution in [-0.2, 0) is 4.79 Å². The Hall–Kier alpha value is -1.03. The summed E-state index contributed by atoms with van der Waals surface area (Å²) in [7, 11) is 0. The van der Waals surface area contributed by atoms with E-state index in [4.69, 9.17) is 0 Å². The quantitative estimate of drug-likeness (QED) is 0.877. The van der Waals surface area contributed by atoms with Crippen molar-refractivity contribution in [3.05, 3.63) is 28.7 Å². The zero-order chi connectivity index (χ0) is 12.8. The van der Waals surface area contributed by atoms with Crippen molar-refractivity contribution < 1.29 is 4.79 Å². The van der Waals surface area contributed by atoms with Crippen molar-refractivity contribution in [1.29, 1.82) is 0 Å². The van der Waals surface area contributed by atoms with Gasteiger partial charge in [0.15, 0.2) is 0 Å². The summed E-state index contributed by atoms with van der Waals surface area (Å²) >= 11 is 3.40. The molecule has 1 amide bonds. The number of rotatable bonds is 5. The van der Waals surface area contributed by atoms with Gasteiger partial charge in [-0.05, 0) is 38.5 Å². The number of carbonyl (C=O) groups is 1.